The molecule has 0 atom stereocenters. The van der Waals surface area contributed by atoms with Gasteiger partial charge in [0, 0.05) is 6.08 Å². The fourth-order valence-corrected chi connectivity index (χ4v) is 4.17. The predicted molar refractivity (Wildman–Crippen MR) is 170 cm³/mol. The zero-order valence-electron chi connectivity index (χ0n) is 25.9. The smallest absolute Gasteiger partial charge is 0.343 e. The monoisotopic (exact) mass is 604 g/mol. The molecule has 0 saturated heterocycles. The van der Waals surface area contributed by atoms with Gasteiger partial charge in [-0.1, -0.05) is 32.8 Å². The highest BCUT2D eigenvalue weighted by atomic mass is 16.7. The first kappa shape index (κ1) is 34.0. The summed E-state index contributed by atoms with van der Waals surface area (Å²) < 4.78 is 33.5. The second-order valence-electron chi connectivity index (χ2n) is 10.3. The third-order valence-electron chi connectivity index (χ3n) is 6.70. The average molecular weight is 605 g/mol. The van der Waals surface area contributed by atoms with Crippen LogP contribution in [0.4, 0.5) is 0 Å². The van der Waals surface area contributed by atoms with Crippen LogP contribution in [-0.2, 0) is 9.53 Å². The topological polar surface area (TPSA) is 89.5 Å². The minimum absolute atomic E-state index is 0.0391. The van der Waals surface area contributed by atoms with E-state index in [0.29, 0.717) is 41.8 Å². The van der Waals surface area contributed by atoms with E-state index >= 15 is 0 Å². The maximum absolute atomic E-state index is 12.7. The summed E-state index contributed by atoms with van der Waals surface area (Å²) in [5.41, 5.74) is 1.18. The molecule has 0 aliphatic carbocycles. The quantitative estimate of drug-likeness (QED) is 0.0395. The van der Waals surface area contributed by atoms with Gasteiger partial charge >= 0.3 is 11.9 Å². The lowest BCUT2D eigenvalue weighted by Crippen LogP contribution is -2.10. The summed E-state index contributed by atoms with van der Waals surface area (Å²) in [6.45, 7) is 9.14. The molecule has 0 N–H and O–H groups in total. The molecule has 0 bridgehead atoms. The van der Waals surface area contributed by atoms with Gasteiger partial charge in [0.25, 0.3) is 0 Å². The molecule has 236 valence electrons. The molecule has 8 nitrogen and oxygen atoms in total. The first-order valence-electron chi connectivity index (χ1n) is 15.3. The second kappa shape index (κ2) is 19.7. The zero-order valence-corrected chi connectivity index (χ0v) is 25.9. The Morgan fingerprint density at radius 3 is 1.77 bits per heavy atom. The van der Waals surface area contributed by atoms with Gasteiger partial charge in [0.1, 0.15) is 28.7 Å². The Hall–Kier alpha value is -4.46. The van der Waals surface area contributed by atoms with E-state index in [1.165, 1.54) is 25.3 Å². The van der Waals surface area contributed by atoms with Crippen molar-refractivity contribution in [1.29, 1.82) is 0 Å². The Bertz CT molecular complexity index is 1280. The molecule has 3 aromatic carbocycles. The standard InChI is InChI=1S/C36H44O8/c1-4-6-7-10-23-40-31-17-19-32(20-18-31)42-27-43-33-21-22-34(28(3)26-33)44-36(38)29-13-15-30(16-14-29)39-24-11-8-9-12-25-41-35(37)5-2/h5,13-22,26H,2,4,6-12,23-25,27H2,1,3H3. The number of aryl methyl sites for hydroxylation is 1. The number of esters is 2. The Kier molecular flexibility index (Phi) is 15.2. The molecule has 0 fully saturated rings. The molecule has 0 aromatic heterocycles. The minimum atomic E-state index is -0.456. The zero-order chi connectivity index (χ0) is 31.4. The molecule has 0 aliphatic heterocycles. The molecule has 0 amide bonds. The third-order valence-corrected chi connectivity index (χ3v) is 6.70. The van der Waals surface area contributed by atoms with E-state index in [4.69, 9.17) is 28.4 Å². The maximum Gasteiger partial charge on any atom is 0.343 e. The molecule has 3 rings (SSSR count). The Labute approximate surface area is 260 Å². The van der Waals surface area contributed by atoms with Gasteiger partial charge in [0.15, 0.2) is 0 Å². The largest absolute Gasteiger partial charge is 0.494 e. The van der Waals surface area contributed by atoms with Crippen molar-refractivity contribution in [3.63, 3.8) is 0 Å². The molecule has 0 aliphatic rings. The molecule has 3 aromatic rings. The first-order chi connectivity index (χ1) is 21.5. The van der Waals surface area contributed by atoms with E-state index in [0.717, 1.165) is 50.0 Å². The van der Waals surface area contributed by atoms with Crippen LogP contribution in [0, 0.1) is 6.92 Å². The van der Waals surface area contributed by atoms with Gasteiger partial charge in [0.2, 0.25) is 6.79 Å². The van der Waals surface area contributed by atoms with E-state index in [2.05, 4.69) is 13.5 Å². The summed E-state index contributed by atoms with van der Waals surface area (Å²) in [5, 5.41) is 0. The lowest BCUT2D eigenvalue weighted by molar-refractivity contribution is -0.137. The van der Waals surface area contributed by atoms with Gasteiger partial charge in [-0.15, -0.1) is 0 Å². The lowest BCUT2D eigenvalue weighted by Gasteiger charge is -2.12. The number of rotatable bonds is 21. The van der Waals surface area contributed by atoms with E-state index < -0.39 is 11.9 Å². The predicted octanol–water partition coefficient (Wildman–Crippen LogP) is 8.26. The second-order valence-corrected chi connectivity index (χ2v) is 10.3. The van der Waals surface area contributed by atoms with Crippen molar-refractivity contribution in [3.8, 4) is 28.7 Å². The van der Waals surface area contributed by atoms with E-state index in [1.807, 2.05) is 31.2 Å². The summed E-state index contributed by atoms with van der Waals surface area (Å²) in [5.74, 6) is 2.40. The fourth-order valence-electron chi connectivity index (χ4n) is 4.17. The number of benzene rings is 3. The van der Waals surface area contributed by atoms with Gasteiger partial charge < -0.3 is 28.4 Å². The number of ether oxygens (including phenoxy) is 6. The highest BCUT2D eigenvalue weighted by Gasteiger charge is 2.12. The molecular formula is C36H44O8. The Morgan fingerprint density at radius 1 is 0.659 bits per heavy atom. The first-order valence-corrected chi connectivity index (χ1v) is 15.3. The Morgan fingerprint density at radius 2 is 1.18 bits per heavy atom. The van der Waals surface area contributed by atoms with Crippen LogP contribution in [0.15, 0.2) is 79.4 Å². The van der Waals surface area contributed by atoms with Gasteiger partial charge in [-0.2, -0.15) is 0 Å². The molecule has 8 heteroatoms. The van der Waals surface area contributed by atoms with Gasteiger partial charge in [-0.05, 0) is 111 Å². The van der Waals surface area contributed by atoms with Crippen molar-refractivity contribution in [2.75, 3.05) is 26.6 Å². The summed E-state index contributed by atoms with van der Waals surface area (Å²) >= 11 is 0. The van der Waals surface area contributed by atoms with Crippen molar-refractivity contribution in [3.05, 3.63) is 90.5 Å². The van der Waals surface area contributed by atoms with Crippen molar-refractivity contribution in [2.24, 2.45) is 0 Å². The third kappa shape index (κ3) is 12.8. The molecule has 0 unspecified atom stereocenters. The summed E-state index contributed by atoms with van der Waals surface area (Å²) in [4.78, 5) is 23.7. The van der Waals surface area contributed by atoms with Crippen molar-refractivity contribution in [2.45, 2.75) is 65.2 Å². The van der Waals surface area contributed by atoms with Crippen LogP contribution in [0.5, 0.6) is 28.7 Å². The van der Waals surface area contributed by atoms with Crippen LogP contribution in [0.25, 0.3) is 0 Å². The number of unbranched alkanes of at least 4 members (excludes halogenated alkanes) is 6. The lowest BCUT2D eigenvalue weighted by atomic mass is 10.2. The van der Waals surface area contributed by atoms with E-state index in [1.54, 1.807) is 42.5 Å². The van der Waals surface area contributed by atoms with Crippen LogP contribution in [0.3, 0.4) is 0 Å². The fraction of sp³-hybridized carbons (Fsp3) is 0.389. The molecule has 44 heavy (non-hydrogen) atoms. The maximum atomic E-state index is 12.7. The number of hydrogen-bond donors (Lipinski definition) is 0. The van der Waals surface area contributed by atoms with Crippen molar-refractivity contribution >= 4 is 11.9 Å². The summed E-state index contributed by atoms with van der Waals surface area (Å²) in [6.07, 6.45) is 9.46. The number of carbonyl (C=O) groups excluding carboxylic acids is 2. The van der Waals surface area contributed by atoms with Gasteiger partial charge in [-0.25, -0.2) is 9.59 Å². The van der Waals surface area contributed by atoms with Gasteiger partial charge in [0.05, 0.1) is 25.4 Å². The highest BCUT2D eigenvalue weighted by molar-refractivity contribution is 5.91. The summed E-state index contributed by atoms with van der Waals surface area (Å²) in [7, 11) is 0. The van der Waals surface area contributed by atoms with E-state index in [9.17, 15) is 9.59 Å². The van der Waals surface area contributed by atoms with Crippen molar-refractivity contribution in [1.82, 2.24) is 0 Å². The molecule has 0 heterocycles. The molecule has 0 radical (unpaired) electrons. The van der Waals surface area contributed by atoms with Crippen LogP contribution in [0.2, 0.25) is 0 Å². The van der Waals surface area contributed by atoms with Gasteiger partial charge in [-0.3, -0.25) is 0 Å². The van der Waals surface area contributed by atoms with Crippen LogP contribution < -0.4 is 23.7 Å². The van der Waals surface area contributed by atoms with Crippen LogP contribution in [-0.4, -0.2) is 38.6 Å². The highest BCUT2D eigenvalue weighted by Crippen LogP contribution is 2.25. The summed E-state index contributed by atoms with van der Waals surface area (Å²) in [6, 6.07) is 19.6. The number of carbonyl (C=O) groups is 2. The van der Waals surface area contributed by atoms with Crippen LogP contribution >= 0.6 is 0 Å². The number of hydrogen-bond acceptors (Lipinski definition) is 8. The average Bonchev–Trinajstić information content (AvgIpc) is 3.04. The van der Waals surface area contributed by atoms with Crippen LogP contribution in [0.1, 0.15) is 74.2 Å². The molecule has 0 saturated carbocycles. The minimum Gasteiger partial charge on any atom is -0.494 e. The molecular weight excluding hydrogens is 560 g/mol. The normalized spacial score (nSPS) is 10.5. The Balaban J connectivity index is 1.34. The van der Waals surface area contributed by atoms with Crippen molar-refractivity contribution < 1.29 is 38.0 Å². The molecule has 0 spiro atoms. The SMILES string of the molecule is C=CC(=O)OCCCCCCOc1ccc(C(=O)Oc2ccc(OCOc3ccc(OCCCCCC)cc3)cc2C)cc1. The van der Waals surface area contributed by atoms with E-state index in [-0.39, 0.29) is 6.79 Å².